The van der Waals surface area contributed by atoms with Crippen molar-refractivity contribution in [3.05, 3.63) is 59.1 Å². The molecule has 1 aromatic heterocycles. The van der Waals surface area contributed by atoms with Gasteiger partial charge in [0, 0.05) is 10.6 Å². The molecule has 0 aliphatic heterocycles. The molecular weight excluding hydrogens is 346 g/mol. The molecule has 24 heavy (non-hydrogen) atoms. The second-order valence-electron chi connectivity index (χ2n) is 5.02. The summed E-state index contributed by atoms with van der Waals surface area (Å²) in [4.78, 5) is 12.0. The molecule has 1 amide bonds. The highest BCUT2D eigenvalue weighted by molar-refractivity contribution is 7.18. The SMILES string of the molecule is Cc1ccccc1OCC(=O)Nc1nnc(-c2ccc(Cl)cc2)s1. The smallest absolute Gasteiger partial charge is 0.264 e. The van der Waals surface area contributed by atoms with Crippen molar-refractivity contribution in [2.75, 3.05) is 11.9 Å². The molecule has 1 heterocycles. The second-order valence-corrected chi connectivity index (χ2v) is 6.44. The van der Waals surface area contributed by atoms with Crippen LogP contribution in [0.5, 0.6) is 5.75 Å². The number of hydrogen-bond acceptors (Lipinski definition) is 5. The number of nitrogens with zero attached hydrogens (tertiary/aromatic N) is 2. The minimum Gasteiger partial charge on any atom is -0.483 e. The van der Waals surface area contributed by atoms with E-state index in [4.69, 9.17) is 16.3 Å². The van der Waals surface area contributed by atoms with Crippen molar-refractivity contribution >= 4 is 34.0 Å². The molecule has 0 bridgehead atoms. The van der Waals surface area contributed by atoms with Gasteiger partial charge in [-0.2, -0.15) is 0 Å². The van der Waals surface area contributed by atoms with E-state index in [2.05, 4.69) is 15.5 Å². The molecule has 0 fully saturated rings. The Hall–Kier alpha value is -2.44. The molecule has 122 valence electrons. The van der Waals surface area contributed by atoms with Gasteiger partial charge >= 0.3 is 0 Å². The van der Waals surface area contributed by atoms with Gasteiger partial charge in [-0.25, -0.2) is 0 Å². The number of aryl methyl sites for hydroxylation is 1. The first-order valence-electron chi connectivity index (χ1n) is 7.19. The summed E-state index contributed by atoms with van der Waals surface area (Å²) in [6.45, 7) is 1.84. The van der Waals surface area contributed by atoms with Crippen LogP contribution in [0, 0.1) is 6.92 Å². The lowest BCUT2D eigenvalue weighted by Gasteiger charge is -2.07. The van der Waals surface area contributed by atoms with Gasteiger partial charge in [0.15, 0.2) is 6.61 Å². The normalized spacial score (nSPS) is 10.4. The van der Waals surface area contributed by atoms with Crippen molar-refractivity contribution < 1.29 is 9.53 Å². The largest absolute Gasteiger partial charge is 0.483 e. The Morgan fingerprint density at radius 3 is 2.67 bits per heavy atom. The lowest BCUT2D eigenvalue weighted by molar-refractivity contribution is -0.118. The number of carbonyl (C=O) groups excluding carboxylic acids is 1. The number of halogens is 1. The fourth-order valence-electron chi connectivity index (χ4n) is 2.00. The highest BCUT2D eigenvalue weighted by atomic mass is 35.5. The van der Waals surface area contributed by atoms with Crippen LogP contribution in [0.2, 0.25) is 5.02 Å². The van der Waals surface area contributed by atoms with Crippen LogP contribution in [0.15, 0.2) is 48.5 Å². The van der Waals surface area contributed by atoms with Crippen molar-refractivity contribution in [1.29, 1.82) is 0 Å². The number of rotatable bonds is 5. The fraction of sp³-hybridized carbons (Fsp3) is 0.118. The molecule has 5 nitrogen and oxygen atoms in total. The zero-order chi connectivity index (χ0) is 16.9. The van der Waals surface area contributed by atoms with Crippen LogP contribution >= 0.6 is 22.9 Å². The number of hydrogen-bond donors (Lipinski definition) is 1. The summed E-state index contributed by atoms with van der Waals surface area (Å²) in [6, 6.07) is 14.8. The van der Waals surface area contributed by atoms with Crippen molar-refractivity contribution in [3.63, 3.8) is 0 Å². The number of benzene rings is 2. The Kier molecular flexibility index (Phi) is 5.08. The summed E-state index contributed by atoms with van der Waals surface area (Å²) in [7, 11) is 0. The average molecular weight is 360 g/mol. The van der Waals surface area contributed by atoms with E-state index >= 15 is 0 Å². The molecule has 0 atom stereocenters. The van der Waals surface area contributed by atoms with Crippen molar-refractivity contribution in [3.8, 4) is 16.3 Å². The molecule has 7 heteroatoms. The van der Waals surface area contributed by atoms with Gasteiger partial charge < -0.3 is 4.74 Å². The summed E-state index contributed by atoms with van der Waals surface area (Å²) >= 11 is 7.16. The van der Waals surface area contributed by atoms with Gasteiger partial charge in [0.2, 0.25) is 5.13 Å². The summed E-state index contributed by atoms with van der Waals surface area (Å²) in [5.41, 5.74) is 1.87. The highest BCUT2D eigenvalue weighted by Crippen LogP contribution is 2.27. The number of para-hydroxylation sites is 1. The average Bonchev–Trinajstić information content (AvgIpc) is 3.03. The summed E-state index contributed by atoms with van der Waals surface area (Å²) in [5.74, 6) is 0.406. The van der Waals surface area contributed by atoms with Crippen molar-refractivity contribution in [2.45, 2.75) is 6.92 Å². The van der Waals surface area contributed by atoms with Gasteiger partial charge in [-0.3, -0.25) is 10.1 Å². The van der Waals surface area contributed by atoms with E-state index in [1.165, 1.54) is 11.3 Å². The molecule has 2 aromatic carbocycles. The van der Waals surface area contributed by atoms with Crippen LogP contribution in [0.4, 0.5) is 5.13 Å². The Morgan fingerprint density at radius 2 is 1.92 bits per heavy atom. The van der Waals surface area contributed by atoms with Gasteiger partial charge in [-0.05, 0) is 30.7 Å². The standard InChI is InChI=1S/C17H14ClN3O2S/c1-11-4-2-3-5-14(11)23-10-15(22)19-17-21-20-16(24-17)12-6-8-13(18)9-7-12/h2-9H,10H2,1H3,(H,19,21,22). The second kappa shape index (κ2) is 7.42. The van der Waals surface area contributed by atoms with E-state index in [0.29, 0.717) is 20.9 Å². The first-order valence-corrected chi connectivity index (χ1v) is 8.39. The number of ether oxygens (including phenoxy) is 1. The van der Waals surface area contributed by atoms with E-state index in [1.807, 2.05) is 43.3 Å². The minimum absolute atomic E-state index is 0.0826. The third kappa shape index (κ3) is 4.10. The third-order valence-electron chi connectivity index (χ3n) is 3.21. The zero-order valence-corrected chi connectivity index (χ0v) is 14.4. The van der Waals surface area contributed by atoms with E-state index < -0.39 is 0 Å². The molecule has 0 saturated carbocycles. The van der Waals surface area contributed by atoms with E-state index in [1.54, 1.807) is 12.1 Å². The first kappa shape index (κ1) is 16.4. The number of nitrogens with one attached hydrogen (secondary N) is 1. The quantitative estimate of drug-likeness (QED) is 0.742. The Bertz CT molecular complexity index is 849. The number of carbonyl (C=O) groups is 1. The predicted molar refractivity (Wildman–Crippen MR) is 95.7 cm³/mol. The predicted octanol–water partition coefficient (Wildman–Crippen LogP) is 4.18. The molecule has 3 rings (SSSR count). The number of aromatic nitrogens is 2. The monoisotopic (exact) mass is 359 g/mol. The van der Waals surface area contributed by atoms with E-state index in [9.17, 15) is 4.79 Å². The van der Waals surface area contributed by atoms with Crippen LogP contribution in [-0.4, -0.2) is 22.7 Å². The summed E-state index contributed by atoms with van der Waals surface area (Å²) in [6.07, 6.45) is 0. The van der Waals surface area contributed by atoms with Crippen molar-refractivity contribution in [2.24, 2.45) is 0 Å². The van der Waals surface area contributed by atoms with Crippen LogP contribution in [0.3, 0.4) is 0 Å². The molecule has 1 N–H and O–H groups in total. The third-order valence-corrected chi connectivity index (χ3v) is 4.35. The Labute approximate surface area is 148 Å². The molecule has 0 spiro atoms. The van der Waals surface area contributed by atoms with E-state index in [-0.39, 0.29) is 12.5 Å². The summed E-state index contributed by atoms with van der Waals surface area (Å²) in [5, 5.41) is 12.5. The van der Waals surface area contributed by atoms with Crippen LogP contribution < -0.4 is 10.1 Å². The molecule has 0 aliphatic rings. The Morgan fingerprint density at radius 1 is 1.17 bits per heavy atom. The lowest BCUT2D eigenvalue weighted by atomic mass is 10.2. The Balaban J connectivity index is 1.59. The molecule has 0 saturated heterocycles. The fourth-order valence-corrected chi connectivity index (χ4v) is 2.89. The van der Waals surface area contributed by atoms with Gasteiger partial charge in [-0.1, -0.05) is 53.3 Å². The maximum Gasteiger partial charge on any atom is 0.264 e. The van der Waals surface area contributed by atoms with Gasteiger partial charge in [0.25, 0.3) is 5.91 Å². The minimum atomic E-state index is -0.281. The number of anilines is 1. The van der Waals surface area contributed by atoms with Gasteiger partial charge in [0.1, 0.15) is 10.8 Å². The molecule has 0 unspecified atom stereocenters. The first-order chi connectivity index (χ1) is 11.6. The molecule has 0 aliphatic carbocycles. The summed E-state index contributed by atoms with van der Waals surface area (Å²) < 4.78 is 5.51. The van der Waals surface area contributed by atoms with Crippen LogP contribution in [0.1, 0.15) is 5.56 Å². The zero-order valence-electron chi connectivity index (χ0n) is 12.8. The lowest BCUT2D eigenvalue weighted by Crippen LogP contribution is -2.20. The topological polar surface area (TPSA) is 64.1 Å². The van der Waals surface area contributed by atoms with Crippen molar-refractivity contribution in [1.82, 2.24) is 10.2 Å². The maximum atomic E-state index is 12.0. The molecule has 3 aromatic rings. The van der Waals surface area contributed by atoms with E-state index in [0.717, 1.165) is 11.1 Å². The van der Waals surface area contributed by atoms with Gasteiger partial charge in [-0.15, -0.1) is 10.2 Å². The maximum absolute atomic E-state index is 12.0. The molecule has 0 radical (unpaired) electrons. The van der Waals surface area contributed by atoms with Crippen LogP contribution in [0.25, 0.3) is 10.6 Å². The van der Waals surface area contributed by atoms with Gasteiger partial charge in [0.05, 0.1) is 0 Å². The molecular formula is C17H14ClN3O2S. The van der Waals surface area contributed by atoms with Crippen LogP contribution in [-0.2, 0) is 4.79 Å². The number of amides is 1. The highest BCUT2D eigenvalue weighted by Gasteiger charge is 2.10.